The van der Waals surface area contributed by atoms with Crippen LogP contribution in [0.15, 0.2) is 12.1 Å². The Hall–Kier alpha value is -3.68. The summed E-state index contributed by atoms with van der Waals surface area (Å²) in [5, 5.41) is 16.4. The van der Waals surface area contributed by atoms with Crippen LogP contribution >= 0.6 is 22.9 Å². The summed E-state index contributed by atoms with van der Waals surface area (Å²) in [7, 11) is 0. The van der Waals surface area contributed by atoms with Gasteiger partial charge in [0.15, 0.2) is 11.6 Å². The number of nitriles is 1. The maximum atomic E-state index is 17.0. The number of benzene rings is 2. The number of hydrogen-bond acceptors (Lipinski definition) is 11. The fraction of sp³-hybridized carbons (Fsp3) is 0.452. The quantitative estimate of drug-likeness (QED) is 0.145. The largest absolute Gasteiger partial charge is 0.489 e. The van der Waals surface area contributed by atoms with Crippen molar-refractivity contribution in [1.82, 2.24) is 14.9 Å². The van der Waals surface area contributed by atoms with Crippen molar-refractivity contribution in [2.45, 2.75) is 57.0 Å². The van der Waals surface area contributed by atoms with Crippen molar-refractivity contribution in [2.24, 2.45) is 5.90 Å². The van der Waals surface area contributed by atoms with Gasteiger partial charge in [0, 0.05) is 10.9 Å². The van der Waals surface area contributed by atoms with Crippen LogP contribution in [0.2, 0.25) is 5.02 Å². The van der Waals surface area contributed by atoms with Gasteiger partial charge in [-0.15, -0.1) is 11.3 Å². The summed E-state index contributed by atoms with van der Waals surface area (Å²) in [6.45, 7) is 3.32. The van der Waals surface area contributed by atoms with E-state index in [0.717, 1.165) is 56.2 Å². The van der Waals surface area contributed by atoms with Gasteiger partial charge in [-0.05, 0) is 56.8 Å². The molecular formula is C31H32ClF4N7O3S. The second-order valence-electron chi connectivity index (χ2n) is 11.8. The third kappa shape index (κ3) is 5.45. The molecule has 1 atom stereocenters. The molecule has 0 spiro atoms. The van der Waals surface area contributed by atoms with Crippen LogP contribution in [0.5, 0.6) is 11.8 Å². The van der Waals surface area contributed by atoms with Crippen LogP contribution in [0.4, 0.5) is 28.4 Å². The van der Waals surface area contributed by atoms with Crippen molar-refractivity contribution in [1.29, 1.82) is 5.26 Å². The molecule has 1 unspecified atom stereocenters. The number of nitrogen functional groups attached to an aromatic ring is 1. The smallest absolute Gasteiger partial charge is 0.319 e. The van der Waals surface area contributed by atoms with Crippen LogP contribution in [0.1, 0.15) is 44.6 Å². The van der Waals surface area contributed by atoms with Gasteiger partial charge in [0.2, 0.25) is 0 Å². The standard InChI is InChI=1S/C31H29ClF4N6O2S.H3NO/c1-2-15-13-43-26-22-25(24(36)21(23(26)32)16-5-6-18(33)27-20(16)17(11-37)28(38)45-27)39-30(40-29(22)42(15)12-19(34)35)44-14-31-7-3-9-41(31)10-4-8-31;1-2/h5-6,15,19H,2-4,7-10,12-14,38H2,1H3;2H,1H2. The number of aromatic nitrogens is 2. The van der Waals surface area contributed by atoms with Crippen LogP contribution in [0, 0.1) is 23.0 Å². The second-order valence-corrected chi connectivity index (χ2v) is 13.2. The molecule has 0 amide bonds. The summed E-state index contributed by atoms with van der Waals surface area (Å²) in [4.78, 5) is 12.9. The molecule has 2 saturated heterocycles. The molecule has 0 saturated carbocycles. The average molecular weight is 694 g/mol. The van der Waals surface area contributed by atoms with Gasteiger partial charge in [-0.1, -0.05) is 24.6 Å². The number of halogens is 5. The number of nitrogens with two attached hydrogens (primary N) is 2. The van der Waals surface area contributed by atoms with E-state index in [2.05, 4.69) is 20.8 Å². The van der Waals surface area contributed by atoms with Crippen LogP contribution < -0.4 is 26.0 Å². The lowest BCUT2D eigenvalue weighted by molar-refractivity contribution is 0.107. The predicted molar refractivity (Wildman–Crippen MR) is 172 cm³/mol. The Labute approximate surface area is 276 Å². The van der Waals surface area contributed by atoms with Gasteiger partial charge < -0.3 is 25.3 Å². The van der Waals surface area contributed by atoms with Gasteiger partial charge in [0.25, 0.3) is 6.43 Å². The lowest BCUT2D eigenvalue weighted by Gasteiger charge is -2.32. The van der Waals surface area contributed by atoms with Crippen molar-refractivity contribution in [3.8, 4) is 29.0 Å². The summed E-state index contributed by atoms with van der Waals surface area (Å²) in [6.07, 6.45) is 1.66. The number of ether oxygens (including phenoxy) is 2. The minimum Gasteiger partial charge on any atom is -0.489 e. The number of anilines is 2. The molecule has 7 rings (SSSR count). The van der Waals surface area contributed by atoms with Gasteiger partial charge in [0.1, 0.15) is 41.4 Å². The van der Waals surface area contributed by atoms with Crippen LogP contribution in [0.25, 0.3) is 32.1 Å². The molecule has 0 bridgehead atoms. The van der Waals surface area contributed by atoms with Gasteiger partial charge in [-0.25, -0.2) is 23.5 Å². The first-order chi connectivity index (χ1) is 22.7. The SMILES string of the molecule is CCC1COc2c(Cl)c(-c3ccc(F)c4sc(N)c(C#N)c34)c(F)c3nc(OCC45CCCN4CCC5)nc(c23)N1CC(F)F.NO. The molecule has 2 aromatic heterocycles. The summed E-state index contributed by atoms with van der Waals surface area (Å²) in [5.41, 5.74) is 5.56. The third-order valence-electron chi connectivity index (χ3n) is 9.36. The summed E-state index contributed by atoms with van der Waals surface area (Å²) in [5.74, 6) is 2.01. The Bertz CT molecular complexity index is 1880. The minimum atomic E-state index is -2.72. The van der Waals surface area contributed by atoms with Crippen molar-refractivity contribution >= 4 is 54.7 Å². The molecule has 2 fully saturated rings. The molecule has 5 N–H and O–H groups in total. The van der Waals surface area contributed by atoms with Gasteiger partial charge in [-0.2, -0.15) is 15.2 Å². The van der Waals surface area contributed by atoms with E-state index in [1.165, 1.54) is 11.0 Å². The summed E-state index contributed by atoms with van der Waals surface area (Å²) < 4.78 is 72.3. The molecule has 0 radical (unpaired) electrons. The number of hydrogen-bond donors (Lipinski definition) is 3. The van der Waals surface area contributed by atoms with Crippen LogP contribution in [-0.2, 0) is 0 Å². The number of alkyl halides is 2. The van der Waals surface area contributed by atoms with Crippen LogP contribution in [0.3, 0.4) is 0 Å². The van der Waals surface area contributed by atoms with E-state index in [9.17, 15) is 18.4 Å². The van der Waals surface area contributed by atoms with E-state index in [1.807, 2.05) is 13.0 Å². The molecular weight excluding hydrogens is 662 g/mol. The maximum absolute atomic E-state index is 17.0. The first kappa shape index (κ1) is 33.2. The Morgan fingerprint density at radius 2 is 1.94 bits per heavy atom. The Morgan fingerprint density at radius 3 is 2.60 bits per heavy atom. The zero-order valence-corrected chi connectivity index (χ0v) is 26.9. The zero-order chi connectivity index (χ0) is 33.6. The topological polar surface area (TPSA) is 147 Å². The molecule has 10 nitrogen and oxygen atoms in total. The number of rotatable bonds is 7. The van der Waals surface area contributed by atoms with Crippen molar-refractivity contribution in [3.05, 3.63) is 34.4 Å². The average Bonchev–Trinajstić information content (AvgIpc) is 3.72. The van der Waals surface area contributed by atoms with Gasteiger partial charge in [-0.3, -0.25) is 4.90 Å². The highest BCUT2D eigenvalue weighted by Crippen LogP contribution is 2.51. The van der Waals surface area contributed by atoms with Crippen molar-refractivity contribution in [2.75, 3.05) is 43.5 Å². The van der Waals surface area contributed by atoms with Gasteiger partial charge >= 0.3 is 6.01 Å². The predicted octanol–water partition coefficient (Wildman–Crippen LogP) is 6.48. The fourth-order valence-electron chi connectivity index (χ4n) is 7.21. The third-order valence-corrected chi connectivity index (χ3v) is 10.7. The minimum absolute atomic E-state index is 0.00894. The molecule has 4 aromatic rings. The normalized spacial score (nSPS) is 18.6. The fourth-order valence-corrected chi connectivity index (χ4v) is 8.50. The second kappa shape index (κ2) is 13.1. The van der Waals surface area contributed by atoms with E-state index >= 15 is 4.39 Å². The number of fused-ring (bicyclic) bond motifs is 2. The highest BCUT2D eigenvalue weighted by atomic mass is 35.5. The number of thiophene rings is 1. The highest BCUT2D eigenvalue weighted by Gasteiger charge is 2.45. The lowest BCUT2D eigenvalue weighted by Crippen LogP contribution is -2.44. The molecule has 3 aliphatic rings. The zero-order valence-electron chi connectivity index (χ0n) is 25.3. The number of nitrogens with zero attached hydrogens (tertiary/aromatic N) is 5. The summed E-state index contributed by atoms with van der Waals surface area (Å²) >= 11 is 7.79. The van der Waals surface area contributed by atoms with E-state index < -0.39 is 30.6 Å². The molecule has 16 heteroatoms. The molecule has 2 aromatic carbocycles. The summed E-state index contributed by atoms with van der Waals surface area (Å²) in [6, 6.07) is 3.78. The van der Waals surface area contributed by atoms with Gasteiger partial charge in [0.05, 0.1) is 38.8 Å². The van der Waals surface area contributed by atoms with E-state index in [1.54, 1.807) is 0 Å². The molecule has 0 aliphatic carbocycles. The molecule has 5 heterocycles. The Morgan fingerprint density at radius 1 is 1.21 bits per heavy atom. The Balaban J connectivity index is 0.00000190. The first-order valence-corrected chi connectivity index (χ1v) is 16.3. The highest BCUT2D eigenvalue weighted by molar-refractivity contribution is 7.23. The van der Waals surface area contributed by atoms with E-state index in [0.29, 0.717) is 6.42 Å². The van der Waals surface area contributed by atoms with Crippen molar-refractivity contribution < 1.29 is 32.2 Å². The van der Waals surface area contributed by atoms with E-state index in [4.69, 9.17) is 32.0 Å². The Kier molecular flexibility index (Phi) is 9.25. The molecule has 3 aliphatic heterocycles. The molecule has 47 heavy (non-hydrogen) atoms. The van der Waals surface area contributed by atoms with Crippen molar-refractivity contribution in [3.63, 3.8) is 0 Å². The lowest BCUT2D eigenvalue weighted by atomic mass is 9.95. The van der Waals surface area contributed by atoms with E-state index in [-0.39, 0.29) is 84.0 Å². The molecule has 250 valence electrons. The monoisotopic (exact) mass is 693 g/mol. The van der Waals surface area contributed by atoms with Crippen LogP contribution in [-0.4, -0.2) is 70.9 Å². The maximum Gasteiger partial charge on any atom is 0.319 e. The first-order valence-electron chi connectivity index (χ1n) is 15.1.